The smallest absolute Gasteiger partial charge is 0.329 e. The molecule has 0 radical (unpaired) electrons. The third kappa shape index (κ3) is 3.12. The molecule has 0 aliphatic rings. The predicted molar refractivity (Wildman–Crippen MR) is 50.4 cm³/mol. The third-order valence-corrected chi connectivity index (χ3v) is 1.56. The van der Waals surface area contributed by atoms with Gasteiger partial charge in [-0.3, -0.25) is 9.59 Å². The molecule has 0 saturated carbocycles. The molecule has 0 aliphatic carbocycles. The molecule has 76 valence electrons. The lowest BCUT2D eigenvalue weighted by atomic mass is 10.1. The van der Waals surface area contributed by atoms with Crippen LogP contribution in [-0.4, -0.2) is 11.9 Å². The van der Waals surface area contributed by atoms with Gasteiger partial charge in [0.15, 0.2) is 0 Å². The molecule has 1 aromatic carbocycles. The summed E-state index contributed by atoms with van der Waals surface area (Å²) in [5, 5.41) is 8.52. The number of nitrogens with zero attached hydrogens (tertiary/aromatic N) is 1. The van der Waals surface area contributed by atoms with E-state index in [-0.39, 0.29) is 0 Å². The summed E-state index contributed by atoms with van der Waals surface area (Å²) >= 11 is 0. The molecule has 0 saturated heterocycles. The molecule has 0 fully saturated rings. The van der Waals surface area contributed by atoms with Crippen LogP contribution in [0.5, 0.6) is 0 Å². The average Bonchev–Trinajstić information content (AvgIpc) is 2.26. The second-order valence-corrected chi connectivity index (χ2v) is 2.71. The van der Waals surface area contributed by atoms with Crippen molar-refractivity contribution >= 4 is 11.9 Å². The summed E-state index contributed by atoms with van der Waals surface area (Å²) in [6.07, 6.45) is 0. The number of amides is 1. The summed E-state index contributed by atoms with van der Waals surface area (Å²) in [7, 11) is 0. The Labute approximate surface area is 86.2 Å². The molecule has 0 aromatic heterocycles. The number of carbonyl (C=O) groups excluding carboxylic acids is 2. The molecule has 0 bridgehead atoms. The van der Waals surface area contributed by atoms with Gasteiger partial charge in [-0.2, -0.15) is 10.7 Å². The van der Waals surface area contributed by atoms with E-state index in [2.05, 4.69) is 4.84 Å². The van der Waals surface area contributed by atoms with Gasteiger partial charge in [-0.15, -0.1) is 0 Å². The van der Waals surface area contributed by atoms with E-state index in [1.54, 1.807) is 0 Å². The first-order chi connectivity index (χ1) is 7.13. The van der Waals surface area contributed by atoms with Crippen LogP contribution in [0.15, 0.2) is 24.3 Å². The predicted octanol–water partition coefficient (Wildman–Crippen LogP) is 0.766. The van der Waals surface area contributed by atoms with Gasteiger partial charge in [-0.1, -0.05) is 0 Å². The van der Waals surface area contributed by atoms with Crippen molar-refractivity contribution in [2.75, 3.05) is 0 Å². The summed E-state index contributed by atoms with van der Waals surface area (Å²) in [5.41, 5.74) is 2.74. The van der Waals surface area contributed by atoms with Crippen LogP contribution in [0.2, 0.25) is 0 Å². The van der Waals surface area contributed by atoms with Crippen molar-refractivity contribution in [1.29, 1.82) is 5.26 Å². The minimum atomic E-state index is -0.600. The van der Waals surface area contributed by atoms with Crippen molar-refractivity contribution in [3.05, 3.63) is 35.4 Å². The fourth-order valence-electron chi connectivity index (χ4n) is 0.873. The highest BCUT2D eigenvalue weighted by Gasteiger charge is 2.06. The quantitative estimate of drug-likeness (QED) is 0.685. The summed E-state index contributed by atoms with van der Waals surface area (Å²) in [6, 6.07) is 7.87. The highest BCUT2D eigenvalue weighted by molar-refractivity contribution is 5.94. The van der Waals surface area contributed by atoms with E-state index in [9.17, 15) is 9.59 Å². The fourth-order valence-corrected chi connectivity index (χ4v) is 0.873. The van der Waals surface area contributed by atoms with Crippen LogP contribution in [-0.2, 0) is 9.63 Å². The van der Waals surface area contributed by atoms with E-state index in [1.165, 1.54) is 31.2 Å². The normalized spacial score (nSPS) is 8.80. The zero-order valence-electron chi connectivity index (χ0n) is 7.98. The summed E-state index contributed by atoms with van der Waals surface area (Å²) < 4.78 is 0. The van der Waals surface area contributed by atoms with Crippen molar-refractivity contribution in [3.8, 4) is 6.07 Å². The van der Waals surface area contributed by atoms with E-state index in [0.717, 1.165) is 0 Å². The molecule has 0 spiro atoms. The molecule has 15 heavy (non-hydrogen) atoms. The Morgan fingerprint density at radius 3 is 2.40 bits per heavy atom. The molecule has 1 N–H and O–H groups in total. The number of hydrogen-bond donors (Lipinski definition) is 1. The van der Waals surface area contributed by atoms with E-state index in [4.69, 9.17) is 5.26 Å². The Hall–Kier alpha value is -2.35. The lowest BCUT2D eigenvalue weighted by Crippen LogP contribution is -2.25. The second-order valence-electron chi connectivity index (χ2n) is 2.71. The maximum atomic E-state index is 11.3. The summed E-state index contributed by atoms with van der Waals surface area (Å²) in [6.45, 7) is 1.18. The maximum Gasteiger partial charge on any atom is 0.329 e. The van der Waals surface area contributed by atoms with Crippen LogP contribution < -0.4 is 5.48 Å². The Morgan fingerprint density at radius 2 is 1.93 bits per heavy atom. The fraction of sp³-hybridized carbons (Fsp3) is 0.100. The number of hydrogen-bond acceptors (Lipinski definition) is 4. The number of hydroxylamine groups is 1. The number of rotatable bonds is 1. The van der Waals surface area contributed by atoms with Gasteiger partial charge in [-0.05, 0) is 24.3 Å². The Morgan fingerprint density at radius 1 is 1.33 bits per heavy atom. The number of carbonyl (C=O) groups is 2. The molecule has 5 heteroatoms. The molecular weight excluding hydrogens is 196 g/mol. The zero-order valence-corrected chi connectivity index (χ0v) is 7.98. The zero-order chi connectivity index (χ0) is 11.3. The van der Waals surface area contributed by atoms with Gasteiger partial charge in [0, 0.05) is 12.5 Å². The van der Waals surface area contributed by atoms with Crippen LogP contribution in [0.1, 0.15) is 22.8 Å². The first kappa shape index (κ1) is 10.7. The molecule has 1 aromatic rings. The molecule has 0 atom stereocenters. The lowest BCUT2D eigenvalue weighted by molar-refractivity contribution is -0.146. The SMILES string of the molecule is CC(=O)ONC(=O)c1ccc(C#N)cc1. The van der Waals surface area contributed by atoms with E-state index < -0.39 is 11.9 Å². The largest absolute Gasteiger partial charge is 0.341 e. The minimum absolute atomic E-state index is 0.315. The minimum Gasteiger partial charge on any atom is -0.341 e. The molecule has 0 unspecified atom stereocenters. The van der Waals surface area contributed by atoms with Gasteiger partial charge in [-0.25, -0.2) is 0 Å². The van der Waals surface area contributed by atoms with Gasteiger partial charge in [0.2, 0.25) is 0 Å². The number of benzene rings is 1. The van der Waals surface area contributed by atoms with Gasteiger partial charge in [0.05, 0.1) is 11.6 Å². The third-order valence-electron chi connectivity index (χ3n) is 1.56. The molecule has 5 nitrogen and oxygen atoms in total. The molecule has 1 amide bonds. The van der Waals surface area contributed by atoms with Crippen molar-refractivity contribution in [2.24, 2.45) is 0 Å². The highest BCUT2D eigenvalue weighted by atomic mass is 16.7. The van der Waals surface area contributed by atoms with Gasteiger partial charge >= 0.3 is 5.97 Å². The van der Waals surface area contributed by atoms with Crippen LogP contribution in [0.3, 0.4) is 0 Å². The van der Waals surface area contributed by atoms with E-state index >= 15 is 0 Å². The molecule has 1 rings (SSSR count). The van der Waals surface area contributed by atoms with Crippen LogP contribution in [0, 0.1) is 11.3 Å². The van der Waals surface area contributed by atoms with Gasteiger partial charge < -0.3 is 4.84 Å². The Bertz CT molecular complexity index is 417. The second kappa shape index (κ2) is 4.77. The molecular formula is C10H8N2O3. The molecule has 0 aliphatic heterocycles. The van der Waals surface area contributed by atoms with Crippen molar-refractivity contribution < 1.29 is 14.4 Å². The highest BCUT2D eigenvalue weighted by Crippen LogP contribution is 2.02. The first-order valence-electron chi connectivity index (χ1n) is 4.11. The Kier molecular flexibility index (Phi) is 3.41. The van der Waals surface area contributed by atoms with Gasteiger partial charge in [0.25, 0.3) is 5.91 Å². The van der Waals surface area contributed by atoms with Crippen molar-refractivity contribution in [3.63, 3.8) is 0 Å². The summed E-state index contributed by atoms with van der Waals surface area (Å²) in [4.78, 5) is 26.0. The molecule has 0 heterocycles. The van der Waals surface area contributed by atoms with E-state index in [1.807, 2.05) is 11.5 Å². The van der Waals surface area contributed by atoms with E-state index in [0.29, 0.717) is 11.1 Å². The maximum absolute atomic E-state index is 11.3. The van der Waals surface area contributed by atoms with Crippen LogP contribution in [0.25, 0.3) is 0 Å². The average molecular weight is 204 g/mol. The van der Waals surface area contributed by atoms with Crippen molar-refractivity contribution in [1.82, 2.24) is 5.48 Å². The van der Waals surface area contributed by atoms with Gasteiger partial charge in [0.1, 0.15) is 0 Å². The number of nitriles is 1. The standard InChI is InChI=1S/C10H8N2O3/c1-7(13)15-12-10(14)9-4-2-8(6-11)3-5-9/h2-5H,1H3,(H,12,14). The monoisotopic (exact) mass is 204 g/mol. The number of nitrogens with one attached hydrogen (secondary N) is 1. The van der Waals surface area contributed by atoms with Crippen molar-refractivity contribution in [2.45, 2.75) is 6.92 Å². The van der Waals surface area contributed by atoms with Crippen LogP contribution >= 0.6 is 0 Å². The van der Waals surface area contributed by atoms with Crippen LogP contribution in [0.4, 0.5) is 0 Å². The lowest BCUT2D eigenvalue weighted by Gasteiger charge is -2.02. The first-order valence-corrected chi connectivity index (χ1v) is 4.11. The Balaban J connectivity index is 2.67. The summed E-state index contributed by atoms with van der Waals surface area (Å²) in [5.74, 6) is -1.13. The topological polar surface area (TPSA) is 79.2 Å².